The lowest BCUT2D eigenvalue weighted by atomic mass is 10.2. The standard InChI is InChI=1S/C8H5Cl5/c9-5-3-1-2-4(6(5)10)7(11)8(12)13/h1-3,7-8H. The van der Waals surface area contributed by atoms with E-state index in [4.69, 9.17) is 58.0 Å². The maximum Gasteiger partial charge on any atom is 0.128 e. The molecule has 0 aliphatic rings. The molecule has 0 aliphatic carbocycles. The molecule has 0 nitrogen and oxygen atoms in total. The molecule has 1 aromatic rings. The molecule has 0 aromatic heterocycles. The first-order valence-electron chi connectivity index (χ1n) is 3.40. The van der Waals surface area contributed by atoms with Crippen LogP contribution in [0.15, 0.2) is 18.2 Å². The number of alkyl halides is 3. The molecule has 72 valence electrons. The van der Waals surface area contributed by atoms with Gasteiger partial charge in [-0.2, -0.15) is 0 Å². The number of benzene rings is 1. The molecule has 0 bridgehead atoms. The van der Waals surface area contributed by atoms with Crippen LogP contribution in [0.2, 0.25) is 10.0 Å². The van der Waals surface area contributed by atoms with E-state index in [1.807, 2.05) is 0 Å². The van der Waals surface area contributed by atoms with E-state index in [1.54, 1.807) is 18.2 Å². The molecule has 0 saturated carbocycles. The largest absolute Gasteiger partial charge is 0.128 e. The molecule has 13 heavy (non-hydrogen) atoms. The second-order valence-electron chi connectivity index (χ2n) is 2.38. The van der Waals surface area contributed by atoms with Gasteiger partial charge in [-0.1, -0.05) is 35.3 Å². The molecule has 0 spiro atoms. The third-order valence-electron chi connectivity index (χ3n) is 1.50. The lowest BCUT2D eigenvalue weighted by Gasteiger charge is -2.12. The van der Waals surface area contributed by atoms with Crippen molar-refractivity contribution in [1.82, 2.24) is 0 Å². The minimum absolute atomic E-state index is 0.399. The van der Waals surface area contributed by atoms with Crippen LogP contribution in [0.25, 0.3) is 0 Å². The molecular weight excluding hydrogens is 273 g/mol. The zero-order valence-electron chi connectivity index (χ0n) is 6.28. The fourth-order valence-corrected chi connectivity index (χ4v) is 1.80. The predicted molar refractivity (Wildman–Crippen MR) is 60.6 cm³/mol. The van der Waals surface area contributed by atoms with Crippen LogP contribution in [0.4, 0.5) is 0 Å². The van der Waals surface area contributed by atoms with Crippen molar-refractivity contribution in [2.75, 3.05) is 0 Å². The SMILES string of the molecule is Clc1cccc(C(Cl)C(Cl)Cl)c1Cl. The van der Waals surface area contributed by atoms with Gasteiger partial charge in [-0.3, -0.25) is 0 Å². The minimum atomic E-state index is -0.711. The van der Waals surface area contributed by atoms with Crippen LogP contribution in [0.5, 0.6) is 0 Å². The topological polar surface area (TPSA) is 0 Å². The van der Waals surface area contributed by atoms with Crippen LogP contribution in [-0.2, 0) is 0 Å². The Morgan fingerprint density at radius 3 is 2.15 bits per heavy atom. The monoisotopic (exact) mass is 276 g/mol. The lowest BCUT2D eigenvalue weighted by Crippen LogP contribution is -2.00. The van der Waals surface area contributed by atoms with E-state index in [0.29, 0.717) is 15.6 Å². The first kappa shape index (κ1) is 11.7. The van der Waals surface area contributed by atoms with E-state index in [1.165, 1.54) is 0 Å². The summed E-state index contributed by atoms with van der Waals surface area (Å²) >= 11 is 28.8. The quantitative estimate of drug-likeness (QED) is 0.662. The third-order valence-corrected chi connectivity index (χ3v) is 3.58. The van der Waals surface area contributed by atoms with Gasteiger partial charge in [0.1, 0.15) is 4.84 Å². The summed E-state index contributed by atoms with van der Waals surface area (Å²) in [5.41, 5.74) is 0.644. The molecule has 0 radical (unpaired) electrons. The number of rotatable bonds is 2. The molecular formula is C8H5Cl5. The molecule has 0 N–H and O–H groups in total. The van der Waals surface area contributed by atoms with E-state index in [9.17, 15) is 0 Å². The molecule has 1 atom stereocenters. The molecule has 0 heterocycles. The predicted octanol–water partition coefficient (Wildman–Crippen LogP) is 5.08. The third kappa shape index (κ3) is 2.81. The zero-order valence-corrected chi connectivity index (χ0v) is 10.1. The van der Waals surface area contributed by atoms with E-state index in [2.05, 4.69) is 0 Å². The van der Waals surface area contributed by atoms with Crippen LogP contribution < -0.4 is 0 Å². The lowest BCUT2D eigenvalue weighted by molar-refractivity contribution is 1.04. The van der Waals surface area contributed by atoms with Gasteiger partial charge in [-0.25, -0.2) is 0 Å². The van der Waals surface area contributed by atoms with Crippen molar-refractivity contribution in [2.45, 2.75) is 10.2 Å². The zero-order chi connectivity index (χ0) is 10.0. The van der Waals surface area contributed by atoms with Gasteiger partial charge in [0.2, 0.25) is 0 Å². The molecule has 0 aliphatic heterocycles. The van der Waals surface area contributed by atoms with E-state index in [-0.39, 0.29) is 0 Å². The Kier molecular flexibility index (Phi) is 4.47. The highest BCUT2D eigenvalue weighted by Gasteiger charge is 2.19. The van der Waals surface area contributed by atoms with E-state index in [0.717, 1.165) is 0 Å². The van der Waals surface area contributed by atoms with Crippen molar-refractivity contribution in [3.05, 3.63) is 33.8 Å². The fourth-order valence-electron chi connectivity index (χ4n) is 0.869. The second kappa shape index (κ2) is 4.95. The molecule has 0 fully saturated rings. The van der Waals surface area contributed by atoms with Crippen molar-refractivity contribution in [1.29, 1.82) is 0 Å². The molecule has 0 amide bonds. The molecule has 1 rings (SSSR count). The Bertz CT molecular complexity index is 297. The Labute approximate surface area is 102 Å². The summed E-state index contributed by atoms with van der Waals surface area (Å²) in [4.78, 5) is -0.711. The van der Waals surface area contributed by atoms with Crippen LogP contribution in [0.3, 0.4) is 0 Å². The molecule has 1 aromatic carbocycles. The van der Waals surface area contributed by atoms with Crippen molar-refractivity contribution in [2.24, 2.45) is 0 Å². The smallest absolute Gasteiger partial charge is 0.115 e. The Morgan fingerprint density at radius 1 is 1.00 bits per heavy atom. The van der Waals surface area contributed by atoms with Crippen molar-refractivity contribution in [3.63, 3.8) is 0 Å². The Balaban J connectivity index is 3.07. The minimum Gasteiger partial charge on any atom is -0.115 e. The first-order valence-corrected chi connectivity index (χ1v) is 5.46. The van der Waals surface area contributed by atoms with Gasteiger partial charge in [-0.05, 0) is 11.6 Å². The van der Waals surface area contributed by atoms with Crippen molar-refractivity contribution >= 4 is 58.0 Å². The molecule has 1 unspecified atom stereocenters. The van der Waals surface area contributed by atoms with Gasteiger partial charge >= 0.3 is 0 Å². The average molecular weight is 278 g/mol. The summed E-state index contributed by atoms with van der Waals surface area (Å²) in [5.74, 6) is 0. The van der Waals surface area contributed by atoms with Crippen LogP contribution in [0, 0.1) is 0 Å². The number of halogens is 5. The summed E-state index contributed by atoms with van der Waals surface area (Å²) in [5, 5.41) is 0.295. The highest BCUT2D eigenvalue weighted by Crippen LogP contribution is 2.37. The maximum atomic E-state index is 5.91. The Morgan fingerprint density at radius 2 is 1.62 bits per heavy atom. The van der Waals surface area contributed by atoms with Gasteiger partial charge in [0.05, 0.1) is 15.4 Å². The molecule has 0 saturated heterocycles. The number of hydrogen-bond donors (Lipinski definition) is 0. The summed E-state index contributed by atoms with van der Waals surface area (Å²) in [6, 6.07) is 5.16. The van der Waals surface area contributed by atoms with Crippen LogP contribution in [-0.4, -0.2) is 4.84 Å². The van der Waals surface area contributed by atoms with Gasteiger partial charge < -0.3 is 0 Å². The van der Waals surface area contributed by atoms with Gasteiger partial charge in [0.15, 0.2) is 0 Å². The van der Waals surface area contributed by atoms with Crippen molar-refractivity contribution < 1.29 is 0 Å². The fraction of sp³-hybridized carbons (Fsp3) is 0.250. The highest BCUT2D eigenvalue weighted by molar-refractivity contribution is 6.49. The molecule has 5 heteroatoms. The first-order chi connectivity index (χ1) is 6.04. The Hall–Kier alpha value is 0.670. The van der Waals surface area contributed by atoms with Gasteiger partial charge in [-0.15, -0.1) is 34.8 Å². The second-order valence-corrected chi connectivity index (χ2v) is 4.80. The average Bonchev–Trinajstić information content (AvgIpc) is 2.08. The maximum absolute atomic E-state index is 5.91. The number of hydrogen-bond acceptors (Lipinski definition) is 0. The van der Waals surface area contributed by atoms with Crippen LogP contribution in [0.1, 0.15) is 10.9 Å². The van der Waals surface area contributed by atoms with E-state index >= 15 is 0 Å². The van der Waals surface area contributed by atoms with E-state index < -0.39 is 10.2 Å². The van der Waals surface area contributed by atoms with Crippen molar-refractivity contribution in [3.8, 4) is 0 Å². The summed E-state index contributed by atoms with van der Waals surface area (Å²) in [6.07, 6.45) is 0. The summed E-state index contributed by atoms with van der Waals surface area (Å²) in [6.45, 7) is 0. The van der Waals surface area contributed by atoms with Gasteiger partial charge in [0, 0.05) is 0 Å². The highest BCUT2D eigenvalue weighted by atomic mass is 35.5. The van der Waals surface area contributed by atoms with Gasteiger partial charge in [0.25, 0.3) is 0 Å². The van der Waals surface area contributed by atoms with Crippen LogP contribution >= 0.6 is 58.0 Å². The summed E-state index contributed by atoms with van der Waals surface area (Å²) < 4.78 is 0. The summed E-state index contributed by atoms with van der Waals surface area (Å²) in [7, 11) is 0. The normalized spacial score (nSPS) is 13.4.